The van der Waals surface area contributed by atoms with Gasteiger partial charge in [0.2, 0.25) is 5.78 Å². The Balaban J connectivity index is 2.59. The molecule has 6 heteroatoms. The molecule has 0 aromatic carbocycles. The zero-order chi connectivity index (χ0) is 14.2. The summed E-state index contributed by atoms with van der Waals surface area (Å²) in [4.78, 5) is 24.0. The fourth-order valence-corrected chi connectivity index (χ4v) is 3.92. The van der Waals surface area contributed by atoms with E-state index in [1.807, 2.05) is 0 Å². The topological polar surface area (TPSA) is 60.2 Å². The summed E-state index contributed by atoms with van der Waals surface area (Å²) in [5.74, 6) is 0.337. The number of carbonyl (C=O) groups excluding carboxylic acids is 1. The number of allylic oxidation sites excluding steroid dienone is 3. The summed E-state index contributed by atoms with van der Waals surface area (Å²) in [6, 6.07) is 1.48. The monoisotopic (exact) mass is 293 g/mol. The number of nitro groups is 1. The minimum absolute atomic E-state index is 0.00192. The van der Waals surface area contributed by atoms with Crippen LogP contribution in [0.15, 0.2) is 41.4 Å². The van der Waals surface area contributed by atoms with Gasteiger partial charge in [0.1, 0.15) is 0 Å². The molecule has 98 valence electrons. The molecular weight excluding hydrogens is 282 g/mol. The van der Waals surface area contributed by atoms with Gasteiger partial charge in [-0.1, -0.05) is 30.6 Å². The van der Waals surface area contributed by atoms with Crippen LogP contribution >= 0.6 is 23.1 Å². The van der Waals surface area contributed by atoms with Crippen molar-refractivity contribution in [3.05, 3.63) is 61.9 Å². The Morgan fingerprint density at radius 2 is 2.26 bits per heavy atom. The average Bonchev–Trinajstić information content (AvgIpc) is 2.72. The second kappa shape index (κ2) is 5.14. The molecule has 1 aromatic heterocycles. The van der Waals surface area contributed by atoms with Crippen molar-refractivity contribution < 1.29 is 9.72 Å². The highest BCUT2D eigenvalue weighted by Gasteiger charge is 2.28. The van der Waals surface area contributed by atoms with Crippen LogP contribution in [0.2, 0.25) is 0 Å². The van der Waals surface area contributed by atoms with Crippen molar-refractivity contribution in [2.45, 2.75) is 12.7 Å². The van der Waals surface area contributed by atoms with Gasteiger partial charge >= 0.3 is 5.00 Å². The molecule has 0 unspecified atom stereocenters. The lowest BCUT2D eigenvalue weighted by molar-refractivity contribution is -0.380. The fraction of sp³-hybridized carbons (Fsp3) is 0.154. The summed E-state index contributed by atoms with van der Waals surface area (Å²) in [5.41, 5.74) is 1.87. The highest BCUT2D eigenvalue weighted by Crippen LogP contribution is 2.40. The largest absolute Gasteiger partial charge is 0.325 e. The first kappa shape index (κ1) is 13.8. The molecule has 0 spiro atoms. The van der Waals surface area contributed by atoms with E-state index >= 15 is 0 Å². The highest BCUT2D eigenvalue weighted by molar-refractivity contribution is 8.02. The number of fused-ring (bicyclic) bond motifs is 1. The van der Waals surface area contributed by atoms with E-state index in [9.17, 15) is 14.9 Å². The van der Waals surface area contributed by atoms with Crippen LogP contribution in [0.25, 0.3) is 0 Å². The fourth-order valence-electron chi connectivity index (χ4n) is 1.82. The van der Waals surface area contributed by atoms with Crippen LogP contribution < -0.4 is 0 Å². The Hall–Kier alpha value is -1.66. The van der Waals surface area contributed by atoms with Crippen LogP contribution in [0.3, 0.4) is 0 Å². The van der Waals surface area contributed by atoms with Gasteiger partial charge in [0.15, 0.2) is 0 Å². The molecule has 1 aliphatic rings. The van der Waals surface area contributed by atoms with E-state index in [1.165, 1.54) is 17.8 Å². The number of carbonyl (C=O) groups is 1. The molecule has 0 radical (unpaired) electrons. The SMILES string of the molecule is C=CC1=C(C(=C)C)C(=O)c2sc([N+](=O)[O-])cc2CS1. The van der Waals surface area contributed by atoms with E-state index < -0.39 is 4.92 Å². The molecule has 0 N–H and O–H groups in total. The zero-order valence-electron chi connectivity index (χ0n) is 10.3. The van der Waals surface area contributed by atoms with Gasteiger partial charge in [-0.2, -0.15) is 0 Å². The van der Waals surface area contributed by atoms with E-state index in [-0.39, 0.29) is 10.8 Å². The number of ketones is 1. The molecule has 0 bridgehead atoms. The molecule has 0 atom stereocenters. The molecule has 1 aliphatic heterocycles. The lowest BCUT2D eigenvalue weighted by Crippen LogP contribution is -2.04. The quantitative estimate of drug-likeness (QED) is 0.621. The molecule has 0 amide bonds. The number of hydrogen-bond donors (Lipinski definition) is 0. The van der Waals surface area contributed by atoms with Crippen molar-refractivity contribution >= 4 is 33.9 Å². The Bertz CT molecular complexity index is 640. The Labute approximate surface area is 118 Å². The highest BCUT2D eigenvalue weighted by atomic mass is 32.2. The van der Waals surface area contributed by atoms with Gasteiger partial charge in [-0.15, -0.1) is 11.8 Å². The molecule has 0 saturated heterocycles. The van der Waals surface area contributed by atoms with Crippen LogP contribution in [0, 0.1) is 10.1 Å². The summed E-state index contributed by atoms with van der Waals surface area (Å²) in [6.07, 6.45) is 1.64. The third kappa shape index (κ3) is 2.41. The van der Waals surface area contributed by atoms with Crippen molar-refractivity contribution in [3.63, 3.8) is 0 Å². The van der Waals surface area contributed by atoms with Gasteiger partial charge in [0.05, 0.1) is 9.80 Å². The maximum atomic E-state index is 12.5. The van der Waals surface area contributed by atoms with E-state index in [4.69, 9.17) is 0 Å². The predicted octanol–water partition coefficient (Wildman–Crippen LogP) is 4.10. The maximum absolute atomic E-state index is 12.5. The first-order chi connectivity index (χ1) is 8.95. The number of nitrogens with zero attached hydrogens (tertiary/aromatic N) is 1. The molecule has 1 aromatic rings. The van der Waals surface area contributed by atoms with E-state index in [0.29, 0.717) is 27.3 Å². The zero-order valence-corrected chi connectivity index (χ0v) is 11.9. The van der Waals surface area contributed by atoms with Crippen LogP contribution in [0.1, 0.15) is 22.2 Å². The maximum Gasteiger partial charge on any atom is 0.325 e. The summed E-state index contributed by atoms with van der Waals surface area (Å²) in [7, 11) is 0. The number of rotatable bonds is 3. The van der Waals surface area contributed by atoms with Crippen molar-refractivity contribution in [2.75, 3.05) is 0 Å². The smallest absolute Gasteiger partial charge is 0.288 e. The Morgan fingerprint density at radius 3 is 2.79 bits per heavy atom. The van der Waals surface area contributed by atoms with Gasteiger partial charge in [-0.05, 0) is 18.1 Å². The molecule has 0 aliphatic carbocycles. The standard InChI is InChI=1S/C13H11NO3S2/c1-4-9-11(7(2)3)12(15)13-8(6-18-9)5-10(19-13)14(16)17/h4-5H,1-2,6H2,3H3. The first-order valence-corrected chi connectivity index (χ1v) is 7.23. The number of Topliss-reactive ketones (excluding diaryl/α,β-unsaturated/α-hetero) is 1. The molecule has 0 fully saturated rings. The molecular formula is C13H11NO3S2. The van der Waals surface area contributed by atoms with Gasteiger partial charge in [0.25, 0.3) is 0 Å². The van der Waals surface area contributed by atoms with Gasteiger partial charge in [-0.25, -0.2) is 0 Å². The summed E-state index contributed by atoms with van der Waals surface area (Å²) in [6.45, 7) is 9.28. The second-order valence-corrected chi connectivity index (χ2v) is 6.09. The molecule has 2 rings (SSSR count). The van der Waals surface area contributed by atoms with Gasteiger partial charge < -0.3 is 0 Å². The minimum Gasteiger partial charge on any atom is -0.288 e. The predicted molar refractivity (Wildman–Crippen MR) is 78.6 cm³/mol. The van der Waals surface area contributed by atoms with E-state index in [0.717, 1.165) is 16.2 Å². The van der Waals surface area contributed by atoms with E-state index in [1.54, 1.807) is 13.0 Å². The first-order valence-electron chi connectivity index (χ1n) is 5.43. The van der Waals surface area contributed by atoms with Gasteiger partial charge in [0, 0.05) is 22.3 Å². The van der Waals surface area contributed by atoms with Crippen molar-refractivity contribution in [2.24, 2.45) is 0 Å². The van der Waals surface area contributed by atoms with Crippen molar-refractivity contribution in [3.8, 4) is 0 Å². The van der Waals surface area contributed by atoms with Crippen LogP contribution in [0.4, 0.5) is 5.00 Å². The van der Waals surface area contributed by atoms with Crippen LogP contribution in [0.5, 0.6) is 0 Å². The molecule has 0 saturated carbocycles. The average molecular weight is 293 g/mol. The lowest BCUT2D eigenvalue weighted by atomic mass is 10.0. The van der Waals surface area contributed by atoms with Crippen LogP contribution in [-0.4, -0.2) is 10.7 Å². The summed E-state index contributed by atoms with van der Waals surface area (Å²) in [5, 5.41) is 10.8. The number of hydrogen-bond acceptors (Lipinski definition) is 5. The Kier molecular flexibility index (Phi) is 3.73. The summed E-state index contributed by atoms with van der Waals surface area (Å²) >= 11 is 2.38. The molecule has 2 heterocycles. The number of thioether (sulfide) groups is 1. The van der Waals surface area contributed by atoms with Crippen LogP contribution in [-0.2, 0) is 5.75 Å². The lowest BCUT2D eigenvalue weighted by Gasteiger charge is -2.06. The molecule has 4 nitrogen and oxygen atoms in total. The minimum atomic E-state index is -0.463. The summed E-state index contributed by atoms with van der Waals surface area (Å²) < 4.78 is 0. The third-order valence-electron chi connectivity index (χ3n) is 2.65. The third-order valence-corrected chi connectivity index (χ3v) is 4.92. The van der Waals surface area contributed by atoms with Crippen molar-refractivity contribution in [1.29, 1.82) is 0 Å². The van der Waals surface area contributed by atoms with Crippen molar-refractivity contribution in [1.82, 2.24) is 0 Å². The number of thiophene rings is 1. The van der Waals surface area contributed by atoms with Gasteiger partial charge in [-0.3, -0.25) is 14.9 Å². The second-order valence-electron chi connectivity index (χ2n) is 4.04. The normalized spacial score (nSPS) is 14.9. The Morgan fingerprint density at radius 1 is 1.58 bits per heavy atom. The van der Waals surface area contributed by atoms with E-state index in [2.05, 4.69) is 13.2 Å². The molecule has 19 heavy (non-hydrogen) atoms.